The maximum Gasteiger partial charge on any atom is 0.337 e. The van der Waals surface area contributed by atoms with Gasteiger partial charge in [-0.3, -0.25) is 4.57 Å². The van der Waals surface area contributed by atoms with Crippen LogP contribution in [0.5, 0.6) is 0 Å². The first-order chi connectivity index (χ1) is 9.59. The Labute approximate surface area is 118 Å². The number of rotatable bonds is 2. The van der Waals surface area contributed by atoms with Gasteiger partial charge in [0.1, 0.15) is 11.8 Å². The van der Waals surface area contributed by atoms with Crippen molar-refractivity contribution >= 4 is 28.6 Å². The van der Waals surface area contributed by atoms with E-state index < -0.39 is 11.8 Å². The minimum atomic E-state index is -1.08. The summed E-state index contributed by atoms with van der Waals surface area (Å²) in [5.74, 6) is -1.65. The highest BCUT2D eigenvalue weighted by Gasteiger charge is 2.15. The molecule has 0 bridgehead atoms. The van der Waals surface area contributed by atoms with Crippen molar-refractivity contribution < 1.29 is 14.3 Å². The lowest BCUT2D eigenvalue weighted by Crippen LogP contribution is -1.99. The number of fused-ring (bicyclic) bond motifs is 1. The van der Waals surface area contributed by atoms with E-state index in [4.69, 9.17) is 16.7 Å². The van der Waals surface area contributed by atoms with E-state index in [0.717, 1.165) is 0 Å². The number of benzene rings is 2. The summed E-state index contributed by atoms with van der Waals surface area (Å²) in [6.07, 6.45) is 1.38. The van der Waals surface area contributed by atoms with Crippen LogP contribution >= 0.6 is 11.6 Å². The maximum atomic E-state index is 14.1. The van der Waals surface area contributed by atoms with Gasteiger partial charge in [0.05, 0.1) is 21.8 Å². The second-order valence-corrected chi connectivity index (χ2v) is 4.57. The first-order valence-corrected chi connectivity index (χ1v) is 6.11. The number of carbonyl (C=O) groups is 1. The molecule has 20 heavy (non-hydrogen) atoms. The van der Waals surface area contributed by atoms with Crippen molar-refractivity contribution in [2.75, 3.05) is 0 Å². The Morgan fingerprint density at radius 1 is 1.25 bits per heavy atom. The molecule has 3 aromatic rings. The summed E-state index contributed by atoms with van der Waals surface area (Å²) in [5.41, 5.74) is 1.11. The number of nitrogens with zero attached hydrogens (tertiary/aromatic N) is 2. The Hall–Kier alpha value is -2.40. The summed E-state index contributed by atoms with van der Waals surface area (Å²) in [7, 11) is 0. The molecule has 0 fully saturated rings. The number of carboxylic acid groups (broad SMARTS) is 1. The molecular weight excluding hydrogens is 283 g/mol. The number of aromatic carboxylic acids is 1. The van der Waals surface area contributed by atoms with Crippen LogP contribution in [0.15, 0.2) is 42.7 Å². The van der Waals surface area contributed by atoms with Gasteiger partial charge in [-0.25, -0.2) is 14.2 Å². The second-order valence-electron chi connectivity index (χ2n) is 4.17. The molecule has 0 unspecified atom stereocenters. The first-order valence-electron chi connectivity index (χ1n) is 5.73. The number of halogens is 2. The number of para-hydroxylation sites is 1. The highest BCUT2D eigenvalue weighted by Crippen LogP contribution is 2.26. The fourth-order valence-corrected chi connectivity index (χ4v) is 2.25. The Morgan fingerprint density at radius 2 is 2.00 bits per heavy atom. The Bertz CT molecular complexity index is 829. The van der Waals surface area contributed by atoms with E-state index in [2.05, 4.69) is 4.98 Å². The van der Waals surface area contributed by atoms with Gasteiger partial charge >= 0.3 is 5.97 Å². The van der Waals surface area contributed by atoms with Crippen LogP contribution in [0.4, 0.5) is 4.39 Å². The molecule has 0 radical (unpaired) electrons. The monoisotopic (exact) mass is 290 g/mol. The fraction of sp³-hybridized carbons (Fsp3) is 0. The molecule has 0 amide bonds. The van der Waals surface area contributed by atoms with Crippen LogP contribution in [0.2, 0.25) is 5.02 Å². The van der Waals surface area contributed by atoms with Gasteiger partial charge in [-0.2, -0.15) is 0 Å². The third-order valence-corrected chi connectivity index (χ3v) is 3.29. The van der Waals surface area contributed by atoms with Gasteiger partial charge in [0.15, 0.2) is 5.82 Å². The van der Waals surface area contributed by atoms with E-state index >= 15 is 0 Å². The van der Waals surface area contributed by atoms with Gasteiger partial charge in [0, 0.05) is 0 Å². The molecule has 0 spiro atoms. The minimum Gasteiger partial charge on any atom is -0.478 e. The number of hydrogen-bond acceptors (Lipinski definition) is 2. The van der Waals surface area contributed by atoms with Gasteiger partial charge in [-0.15, -0.1) is 0 Å². The predicted molar refractivity (Wildman–Crippen MR) is 73.0 cm³/mol. The minimum absolute atomic E-state index is 0.00117. The molecule has 4 nitrogen and oxygen atoms in total. The molecule has 1 N–H and O–H groups in total. The molecule has 100 valence electrons. The second kappa shape index (κ2) is 4.61. The normalized spacial score (nSPS) is 10.9. The van der Waals surface area contributed by atoms with E-state index in [1.54, 1.807) is 24.3 Å². The van der Waals surface area contributed by atoms with Crippen LogP contribution in [-0.2, 0) is 0 Å². The number of aromatic nitrogens is 2. The zero-order chi connectivity index (χ0) is 14.3. The van der Waals surface area contributed by atoms with E-state index in [-0.39, 0.29) is 16.3 Å². The van der Waals surface area contributed by atoms with Crippen molar-refractivity contribution in [3.05, 3.63) is 59.1 Å². The Morgan fingerprint density at radius 3 is 2.75 bits per heavy atom. The number of hydrogen-bond donors (Lipinski definition) is 1. The summed E-state index contributed by atoms with van der Waals surface area (Å²) in [4.78, 5) is 15.2. The molecular formula is C14H8ClFN2O2. The van der Waals surface area contributed by atoms with Crippen molar-refractivity contribution in [1.29, 1.82) is 0 Å². The molecule has 3 rings (SSSR count). The summed E-state index contributed by atoms with van der Waals surface area (Å²) in [6.45, 7) is 0. The quantitative estimate of drug-likeness (QED) is 0.785. The third-order valence-electron chi connectivity index (χ3n) is 3.00. The highest BCUT2D eigenvalue weighted by atomic mass is 35.5. The van der Waals surface area contributed by atoms with Crippen LogP contribution in [0.3, 0.4) is 0 Å². The van der Waals surface area contributed by atoms with Crippen molar-refractivity contribution in [2.24, 2.45) is 0 Å². The van der Waals surface area contributed by atoms with E-state index in [9.17, 15) is 9.18 Å². The molecule has 6 heteroatoms. The smallest absolute Gasteiger partial charge is 0.337 e. The molecule has 0 aliphatic heterocycles. The number of imidazole rings is 1. The zero-order valence-electron chi connectivity index (χ0n) is 10.0. The Balaban J connectivity index is 2.31. The average molecular weight is 291 g/mol. The molecule has 0 saturated heterocycles. The van der Waals surface area contributed by atoms with Crippen LogP contribution in [0.1, 0.15) is 10.4 Å². The van der Waals surface area contributed by atoms with Gasteiger partial charge in [-0.1, -0.05) is 23.7 Å². The average Bonchev–Trinajstić information content (AvgIpc) is 2.85. The standard InChI is InChI=1S/C14H8ClFN2O2/c15-9-4-2-5-10(12(9)16)18-7-17-13-8(14(19)20)3-1-6-11(13)18/h1-7H,(H,19,20). The van der Waals surface area contributed by atoms with E-state index in [1.807, 2.05) is 0 Å². The summed E-state index contributed by atoms with van der Waals surface area (Å²) in [5, 5.41) is 9.12. The highest BCUT2D eigenvalue weighted by molar-refractivity contribution is 6.30. The molecule has 0 saturated carbocycles. The molecule has 0 aliphatic carbocycles. The summed E-state index contributed by atoms with van der Waals surface area (Å²) < 4.78 is 15.5. The molecule has 0 aliphatic rings. The largest absolute Gasteiger partial charge is 0.478 e. The van der Waals surface area contributed by atoms with Crippen molar-refractivity contribution in [3.8, 4) is 5.69 Å². The van der Waals surface area contributed by atoms with Gasteiger partial charge in [-0.05, 0) is 24.3 Å². The molecule has 1 aromatic heterocycles. The van der Waals surface area contributed by atoms with Crippen LogP contribution in [0.25, 0.3) is 16.7 Å². The first kappa shape index (κ1) is 12.6. The van der Waals surface area contributed by atoms with Gasteiger partial charge < -0.3 is 5.11 Å². The third kappa shape index (κ3) is 1.83. The van der Waals surface area contributed by atoms with Crippen molar-refractivity contribution in [3.63, 3.8) is 0 Å². The molecule has 2 aromatic carbocycles. The van der Waals surface area contributed by atoms with Crippen LogP contribution in [0, 0.1) is 5.82 Å². The van der Waals surface area contributed by atoms with Gasteiger partial charge in [0.2, 0.25) is 0 Å². The summed E-state index contributed by atoms with van der Waals surface area (Å²) >= 11 is 5.76. The lowest BCUT2D eigenvalue weighted by molar-refractivity contribution is 0.0699. The number of carboxylic acids is 1. The van der Waals surface area contributed by atoms with Crippen molar-refractivity contribution in [2.45, 2.75) is 0 Å². The lowest BCUT2D eigenvalue weighted by Gasteiger charge is -2.07. The fourth-order valence-electron chi connectivity index (χ4n) is 2.08. The van der Waals surface area contributed by atoms with Gasteiger partial charge in [0.25, 0.3) is 0 Å². The topological polar surface area (TPSA) is 55.1 Å². The molecule has 0 atom stereocenters. The van der Waals surface area contributed by atoms with Crippen LogP contribution in [-0.4, -0.2) is 20.6 Å². The van der Waals surface area contributed by atoms with E-state index in [0.29, 0.717) is 11.0 Å². The lowest BCUT2D eigenvalue weighted by atomic mass is 10.2. The SMILES string of the molecule is O=C(O)c1cccc2c1ncn2-c1cccc(Cl)c1F. The summed E-state index contributed by atoms with van der Waals surface area (Å²) in [6, 6.07) is 9.34. The Kier molecular flexibility index (Phi) is 2.91. The predicted octanol–water partition coefficient (Wildman–Crippen LogP) is 3.52. The van der Waals surface area contributed by atoms with Crippen molar-refractivity contribution in [1.82, 2.24) is 9.55 Å². The van der Waals surface area contributed by atoms with Crippen LogP contribution < -0.4 is 0 Å². The maximum absolute atomic E-state index is 14.1. The molecule has 1 heterocycles. The zero-order valence-corrected chi connectivity index (χ0v) is 10.8. The van der Waals surface area contributed by atoms with E-state index in [1.165, 1.54) is 23.0 Å².